The van der Waals surface area contributed by atoms with Crippen molar-refractivity contribution in [3.8, 4) is 0 Å². The summed E-state index contributed by atoms with van der Waals surface area (Å²) < 4.78 is 1.83. The van der Waals surface area contributed by atoms with Gasteiger partial charge in [0.15, 0.2) is 0 Å². The normalized spacial score (nSPS) is 16.5. The smallest absolute Gasteiger partial charge is 0.261 e. The second kappa shape index (κ2) is 4.53. The largest absolute Gasteiger partial charge is 0.324 e. The van der Waals surface area contributed by atoms with E-state index in [0.717, 1.165) is 18.4 Å². The highest BCUT2D eigenvalue weighted by molar-refractivity contribution is 5.77. The van der Waals surface area contributed by atoms with Crippen LogP contribution in [0.4, 0.5) is 0 Å². The summed E-state index contributed by atoms with van der Waals surface area (Å²) in [6.45, 7) is 0.316. The zero-order valence-electron chi connectivity index (χ0n) is 10.3. The van der Waals surface area contributed by atoms with Gasteiger partial charge in [-0.15, -0.1) is 0 Å². The molecule has 0 spiro atoms. The van der Waals surface area contributed by atoms with E-state index in [-0.39, 0.29) is 11.6 Å². The fraction of sp³-hybridized carbons (Fsp3) is 0.429. The second-order valence-corrected chi connectivity index (χ2v) is 4.86. The van der Waals surface area contributed by atoms with E-state index in [1.54, 1.807) is 0 Å². The van der Waals surface area contributed by atoms with Crippen LogP contribution in [0.15, 0.2) is 29.1 Å². The Hall–Kier alpha value is -1.68. The van der Waals surface area contributed by atoms with Crippen molar-refractivity contribution >= 4 is 10.9 Å². The monoisotopic (exact) mass is 243 g/mol. The fourth-order valence-electron chi connectivity index (χ4n) is 2.87. The van der Waals surface area contributed by atoms with Crippen LogP contribution in [0.5, 0.6) is 0 Å². The molecule has 94 valence electrons. The Balaban J connectivity index is 2.28. The molecular formula is C14H17N3O. The van der Waals surface area contributed by atoms with Crippen LogP contribution >= 0.6 is 0 Å². The zero-order chi connectivity index (χ0) is 12.5. The minimum atomic E-state index is 0.0629. The number of aromatic nitrogens is 2. The standard InChI is InChI=1S/C14H17N3O/c15-9-13-16-12-8-4-3-7-11(12)14(18)17(13)10-5-1-2-6-10/h3-4,7-8,10H,1-2,5-6,9,15H2. The number of rotatable bonds is 2. The van der Waals surface area contributed by atoms with Gasteiger partial charge < -0.3 is 5.73 Å². The maximum absolute atomic E-state index is 12.6. The molecule has 0 atom stereocenters. The van der Waals surface area contributed by atoms with Crippen molar-refractivity contribution in [2.24, 2.45) is 5.73 Å². The third kappa shape index (κ3) is 1.73. The molecule has 0 bridgehead atoms. The maximum atomic E-state index is 12.6. The number of hydrogen-bond acceptors (Lipinski definition) is 3. The minimum absolute atomic E-state index is 0.0629. The molecule has 1 aliphatic rings. The van der Waals surface area contributed by atoms with Gasteiger partial charge in [-0.25, -0.2) is 4.98 Å². The van der Waals surface area contributed by atoms with Crippen molar-refractivity contribution < 1.29 is 0 Å². The Morgan fingerprint density at radius 3 is 2.72 bits per heavy atom. The Kier molecular flexibility index (Phi) is 2.88. The highest BCUT2D eigenvalue weighted by Gasteiger charge is 2.21. The molecule has 0 aliphatic heterocycles. The summed E-state index contributed by atoms with van der Waals surface area (Å²) in [4.78, 5) is 17.1. The third-order valence-electron chi connectivity index (χ3n) is 3.75. The van der Waals surface area contributed by atoms with Gasteiger partial charge >= 0.3 is 0 Å². The van der Waals surface area contributed by atoms with Gasteiger partial charge in [-0.1, -0.05) is 25.0 Å². The third-order valence-corrected chi connectivity index (χ3v) is 3.75. The van der Waals surface area contributed by atoms with Crippen molar-refractivity contribution in [3.05, 3.63) is 40.4 Å². The van der Waals surface area contributed by atoms with E-state index < -0.39 is 0 Å². The van der Waals surface area contributed by atoms with Crippen molar-refractivity contribution in [3.63, 3.8) is 0 Å². The van der Waals surface area contributed by atoms with Crippen LogP contribution in [-0.4, -0.2) is 9.55 Å². The van der Waals surface area contributed by atoms with E-state index in [1.165, 1.54) is 12.8 Å². The molecule has 4 nitrogen and oxygen atoms in total. The number of para-hydroxylation sites is 1. The minimum Gasteiger partial charge on any atom is -0.324 e. The van der Waals surface area contributed by atoms with Gasteiger partial charge in [0, 0.05) is 6.04 Å². The molecule has 2 aromatic rings. The van der Waals surface area contributed by atoms with Crippen molar-refractivity contribution in [2.75, 3.05) is 0 Å². The molecule has 18 heavy (non-hydrogen) atoms. The topological polar surface area (TPSA) is 60.9 Å². The van der Waals surface area contributed by atoms with Crippen LogP contribution in [0.1, 0.15) is 37.5 Å². The first-order chi connectivity index (χ1) is 8.81. The zero-order valence-corrected chi connectivity index (χ0v) is 10.3. The molecule has 1 aromatic carbocycles. The molecule has 1 heterocycles. The highest BCUT2D eigenvalue weighted by Crippen LogP contribution is 2.29. The summed E-state index contributed by atoms with van der Waals surface area (Å²) in [6, 6.07) is 7.78. The van der Waals surface area contributed by atoms with E-state index in [0.29, 0.717) is 17.8 Å². The van der Waals surface area contributed by atoms with Crippen LogP contribution in [0.25, 0.3) is 10.9 Å². The van der Waals surface area contributed by atoms with Gasteiger partial charge in [-0.2, -0.15) is 0 Å². The first-order valence-corrected chi connectivity index (χ1v) is 6.51. The van der Waals surface area contributed by atoms with Gasteiger partial charge in [0.2, 0.25) is 0 Å². The Morgan fingerprint density at radius 2 is 2.00 bits per heavy atom. The molecule has 0 saturated heterocycles. The number of nitrogens with two attached hydrogens (primary N) is 1. The Labute approximate surface area is 105 Å². The predicted molar refractivity (Wildman–Crippen MR) is 71.4 cm³/mol. The van der Waals surface area contributed by atoms with Crippen LogP contribution < -0.4 is 11.3 Å². The van der Waals surface area contributed by atoms with E-state index >= 15 is 0 Å². The number of fused-ring (bicyclic) bond motifs is 1. The Bertz CT molecular complexity index is 626. The van der Waals surface area contributed by atoms with Crippen molar-refractivity contribution in [2.45, 2.75) is 38.3 Å². The van der Waals surface area contributed by atoms with Gasteiger partial charge in [-0.3, -0.25) is 9.36 Å². The lowest BCUT2D eigenvalue weighted by Gasteiger charge is -2.18. The van der Waals surface area contributed by atoms with Crippen LogP contribution in [0.3, 0.4) is 0 Å². The average molecular weight is 243 g/mol. The summed E-state index contributed by atoms with van der Waals surface area (Å²) in [5.74, 6) is 0.714. The maximum Gasteiger partial charge on any atom is 0.261 e. The first kappa shape index (κ1) is 11.4. The van der Waals surface area contributed by atoms with Crippen molar-refractivity contribution in [1.82, 2.24) is 9.55 Å². The van der Waals surface area contributed by atoms with E-state index in [9.17, 15) is 4.79 Å². The molecule has 2 N–H and O–H groups in total. The van der Waals surface area contributed by atoms with E-state index in [1.807, 2.05) is 28.8 Å². The molecule has 0 radical (unpaired) electrons. The molecule has 1 fully saturated rings. The molecule has 1 saturated carbocycles. The summed E-state index contributed by atoms with van der Waals surface area (Å²) in [6.07, 6.45) is 4.50. The molecule has 1 aliphatic carbocycles. The SMILES string of the molecule is NCc1nc2ccccc2c(=O)n1C1CCCC1. The molecule has 1 aromatic heterocycles. The van der Waals surface area contributed by atoms with Crippen LogP contribution in [0.2, 0.25) is 0 Å². The van der Waals surface area contributed by atoms with Gasteiger partial charge in [0.25, 0.3) is 5.56 Å². The quantitative estimate of drug-likeness (QED) is 0.877. The predicted octanol–water partition coefficient (Wildman–Crippen LogP) is 1.97. The molecule has 4 heteroatoms. The number of nitrogens with zero attached hydrogens (tertiary/aromatic N) is 2. The Morgan fingerprint density at radius 1 is 1.28 bits per heavy atom. The van der Waals surface area contributed by atoms with Gasteiger partial charge in [0.05, 0.1) is 17.4 Å². The molecular weight excluding hydrogens is 226 g/mol. The van der Waals surface area contributed by atoms with Crippen molar-refractivity contribution in [1.29, 1.82) is 0 Å². The molecule has 0 unspecified atom stereocenters. The second-order valence-electron chi connectivity index (χ2n) is 4.86. The summed E-state index contributed by atoms with van der Waals surface area (Å²) in [7, 11) is 0. The highest BCUT2D eigenvalue weighted by atomic mass is 16.1. The lowest BCUT2D eigenvalue weighted by atomic mass is 10.2. The fourth-order valence-corrected chi connectivity index (χ4v) is 2.87. The number of hydrogen-bond donors (Lipinski definition) is 1. The summed E-state index contributed by atoms with van der Waals surface area (Å²) in [5, 5.41) is 0.696. The van der Waals surface area contributed by atoms with Gasteiger partial charge in [-0.05, 0) is 25.0 Å². The first-order valence-electron chi connectivity index (χ1n) is 6.51. The van der Waals surface area contributed by atoms with E-state index in [2.05, 4.69) is 4.98 Å². The van der Waals surface area contributed by atoms with Crippen LogP contribution in [0, 0.1) is 0 Å². The van der Waals surface area contributed by atoms with Gasteiger partial charge in [0.1, 0.15) is 5.82 Å². The summed E-state index contributed by atoms with van der Waals surface area (Å²) in [5.41, 5.74) is 6.57. The van der Waals surface area contributed by atoms with E-state index in [4.69, 9.17) is 5.73 Å². The molecule has 3 rings (SSSR count). The van der Waals surface area contributed by atoms with Crippen LogP contribution in [-0.2, 0) is 6.54 Å². The number of benzene rings is 1. The average Bonchev–Trinajstić information content (AvgIpc) is 2.92. The lowest BCUT2D eigenvalue weighted by Crippen LogP contribution is -2.29. The lowest BCUT2D eigenvalue weighted by molar-refractivity contribution is 0.477. The molecule has 0 amide bonds. The summed E-state index contributed by atoms with van der Waals surface area (Å²) >= 11 is 0.